The van der Waals surface area contributed by atoms with Gasteiger partial charge in [0.1, 0.15) is 5.84 Å². The lowest BCUT2D eigenvalue weighted by molar-refractivity contribution is 0.0451. The SMILES string of the molecule is CC(C)(C)N=C(N)CN1CCOCC1. The van der Waals surface area contributed by atoms with Gasteiger partial charge >= 0.3 is 0 Å². The summed E-state index contributed by atoms with van der Waals surface area (Å²) in [5.41, 5.74) is 5.79. The van der Waals surface area contributed by atoms with Crippen LogP contribution in [0, 0.1) is 0 Å². The molecular formula is C10H21N3O. The summed E-state index contributed by atoms with van der Waals surface area (Å²) in [5.74, 6) is 0.722. The van der Waals surface area contributed by atoms with E-state index in [1.165, 1.54) is 0 Å². The number of ether oxygens (including phenoxy) is 1. The van der Waals surface area contributed by atoms with Crippen LogP contribution in [-0.2, 0) is 4.74 Å². The molecule has 0 radical (unpaired) electrons. The van der Waals surface area contributed by atoms with Gasteiger partial charge in [-0.2, -0.15) is 0 Å². The van der Waals surface area contributed by atoms with Crippen LogP contribution in [0.3, 0.4) is 0 Å². The molecule has 0 aromatic carbocycles. The van der Waals surface area contributed by atoms with Crippen LogP contribution in [0.5, 0.6) is 0 Å². The largest absolute Gasteiger partial charge is 0.386 e. The van der Waals surface area contributed by atoms with Crippen molar-refractivity contribution in [1.82, 2.24) is 4.90 Å². The quantitative estimate of drug-likeness (QED) is 0.519. The zero-order valence-corrected chi connectivity index (χ0v) is 9.42. The fourth-order valence-electron chi connectivity index (χ4n) is 1.45. The van der Waals surface area contributed by atoms with Crippen molar-refractivity contribution in [3.8, 4) is 0 Å². The molecule has 82 valence electrons. The van der Waals surface area contributed by atoms with E-state index in [2.05, 4.69) is 30.7 Å². The Morgan fingerprint density at radius 3 is 2.43 bits per heavy atom. The number of hydrogen-bond acceptors (Lipinski definition) is 3. The topological polar surface area (TPSA) is 50.8 Å². The molecule has 0 unspecified atom stereocenters. The number of nitrogens with zero attached hydrogens (tertiary/aromatic N) is 2. The number of amidine groups is 1. The molecular weight excluding hydrogens is 178 g/mol. The van der Waals surface area contributed by atoms with Crippen LogP contribution in [0.1, 0.15) is 20.8 Å². The van der Waals surface area contributed by atoms with Gasteiger partial charge in [0.2, 0.25) is 0 Å². The van der Waals surface area contributed by atoms with E-state index in [1.807, 2.05) is 0 Å². The highest BCUT2D eigenvalue weighted by atomic mass is 16.5. The molecule has 0 aromatic heterocycles. The average molecular weight is 199 g/mol. The zero-order valence-electron chi connectivity index (χ0n) is 9.42. The minimum absolute atomic E-state index is 0.0730. The van der Waals surface area contributed by atoms with Gasteiger partial charge in [0.25, 0.3) is 0 Å². The predicted molar refractivity (Wildman–Crippen MR) is 58.6 cm³/mol. The van der Waals surface area contributed by atoms with Crippen molar-refractivity contribution in [2.45, 2.75) is 26.3 Å². The normalized spacial score (nSPS) is 21.2. The van der Waals surface area contributed by atoms with Crippen molar-refractivity contribution < 1.29 is 4.74 Å². The van der Waals surface area contributed by atoms with Gasteiger partial charge in [0, 0.05) is 13.1 Å². The molecule has 4 heteroatoms. The molecule has 0 atom stereocenters. The van der Waals surface area contributed by atoms with Crippen molar-refractivity contribution in [1.29, 1.82) is 0 Å². The first-order chi connectivity index (χ1) is 6.47. The zero-order chi connectivity index (χ0) is 10.6. The molecule has 1 fully saturated rings. The van der Waals surface area contributed by atoms with Gasteiger partial charge in [-0.15, -0.1) is 0 Å². The van der Waals surface area contributed by atoms with Crippen molar-refractivity contribution in [3.63, 3.8) is 0 Å². The maximum absolute atomic E-state index is 5.86. The minimum atomic E-state index is -0.0730. The average Bonchev–Trinajstić information content (AvgIpc) is 2.02. The fraction of sp³-hybridized carbons (Fsp3) is 0.900. The molecule has 0 amide bonds. The fourth-order valence-corrected chi connectivity index (χ4v) is 1.45. The molecule has 0 bridgehead atoms. The van der Waals surface area contributed by atoms with Gasteiger partial charge in [0.05, 0.1) is 25.3 Å². The standard InChI is InChI=1S/C10H21N3O/c1-10(2,3)12-9(11)8-13-4-6-14-7-5-13/h4-8H2,1-3H3,(H2,11,12). The molecule has 0 spiro atoms. The first-order valence-corrected chi connectivity index (χ1v) is 5.12. The molecule has 1 heterocycles. The monoisotopic (exact) mass is 199 g/mol. The molecule has 0 aliphatic carbocycles. The molecule has 1 aliphatic heterocycles. The third kappa shape index (κ3) is 4.58. The Morgan fingerprint density at radius 1 is 1.36 bits per heavy atom. The van der Waals surface area contributed by atoms with E-state index in [-0.39, 0.29) is 5.54 Å². The summed E-state index contributed by atoms with van der Waals surface area (Å²) in [6, 6.07) is 0. The first kappa shape index (κ1) is 11.5. The lowest BCUT2D eigenvalue weighted by atomic mass is 10.1. The maximum Gasteiger partial charge on any atom is 0.109 e. The van der Waals surface area contributed by atoms with Crippen LogP contribution in [0.15, 0.2) is 4.99 Å². The molecule has 14 heavy (non-hydrogen) atoms. The van der Waals surface area contributed by atoms with Crippen molar-refractivity contribution >= 4 is 5.84 Å². The van der Waals surface area contributed by atoms with E-state index < -0.39 is 0 Å². The van der Waals surface area contributed by atoms with Gasteiger partial charge in [0.15, 0.2) is 0 Å². The highest BCUT2D eigenvalue weighted by molar-refractivity contribution is 5.82. The Kier molecular flexibility index (Phi) is 3.89. The molecule has 2 N–H and O–H groups in total. The summed E-state index contributed by atoms with van der Waals surface area (Å²) in [4.78, 5) is 6.69. The third-order valence-electron chi connectivity index (χ3n) is 1.97. The van der Waals surface area contributed by atoms with E-state index in [0.717, 1.165) is 38.7 Å². The van der Waals surface area contributed by atoms with Crippen LogP contribution >= 0.6 is 0 Å². The summed E-state index contributed by atoms with van der Waals surface area (Å²) < 4.78 is 5.26. The Bertz CT molecular complexity index is 202. The number of aliphatic imine (C=N–C) groups is 1. The molecule has 0 aromatic rings. The predicted octanol–water partition coefficient (Wildman–Crippen LogP) is 0.474. The maximum atomic E-state index is 5.86. The van der Waals surface area contributed by atoms with Crippen LogP contribution in [0.25, 0.3) is 0 Å². The summed E-state index contributed by atoms with van der Waals surface area (Å²) in [5, 5.41) is 0. The Labute approximate surface area is 86.1 Å². The molecule has 0 saturated carbocycles. The third-order valence-corrected chi connectivity index (χ3v) is 1.97. The van der Waals surface area contributed by atoms with E-state index in [1.54, 1.807) is 0 Å². The highest BCUT2D eigenvalue weighted by Gasteiger charge is 2.13. The summed E-state index contributed by atoms with van der Waals surface area (Å²) in [6.45, 7) is 10.5. The summed E-state index contributed by atoms with van der Waals surface area (Å²) in [6.07, 6.45) is 0. The second-order valence-electron chi connectivity index (χ2n) is 4.66. The van der Waals surface area contributed by atoms with Crippen molar-refractivity contribution in [2.24, 2.45) is 10.7 Å². The Hall–Kier alpha value is -0.610. The number of hydrogen-bond donors (Lipinski definition) is 1. The van der Waals surface area contributed by atoms with Gasteiger partial charge in [-0.05, 0) is 20.8 Å². The number of nitrogens with two attached hydrogens (primary N) is 1. The first-order valence-electron chi connectivity index (χ1n) is 5.12. The Morgan fingerprint density at radius 2 is 1.93 bits per heavy atom. The van der Waals surface area contributed by atoms with Gasteiger partial charge < -0.3 is 10.5 Å². The second-order valence-corrected chi connectivity index (χ2v) is 4.66. The van der Waals surface area contributed by atoms with Crippen LogP contribution in [0.4, 0.5) is 0 Å². The highest BCUT2D eigenvalue weighted by Crippen LogP contribution is 2.06. The molecule has 1 rings (SSSR count). The second kappa shape index (κ2) is 4.75. The molecule has 4 nitrogen and oxygen atoms in total. The number of morpholine rings is 1. The van der Waals surface area contributed by atoms with Gasteiger partial charge in [-0.1, -0.05) is 0 Å². The number of rotatable bonds is 2. The van der Waals surface area contributed by atoms with Gasteiger partial charge in [-0.3, -0.25) is 9.89 Å². The summed E-state index contributed by atoms with van der Waals surface area (Å²) >= 11 is 0. The van der Waals surface area contributed by atoms with Gasteiger partial charge in [-0.25, -0.2) is 0 Å². The van der Waals surface area contributed by atoms with Crippen LogP contribution < -0.4 is 5.73 Å². The Balaban J connectivity index is 2.39. The minimum Gasteiger partial charge on any atom is -0.386 e. The van der Waals surface area contributed by atoms with Crippen LogP contribution in [0.2, 0.25) is 0 Å². The molecule has 1 saturated heterocycles. The van der Waals surface area contributed by atoms with Crippen molar-refractivity contribution in [2.75, 3.05) is 32.8 Å². The van der Waals surface area contributed by atoms with E-state index in [0.29, 0.717) is 0 Å². The van der Waals surface area contributed by atoms with E-state index in [9.17, 15) is 0 Å². The van der Waals surface area contributed by atoms with Crippen LogP contribution in [-0.4, -0.2) is 49.1 Å². The lowest BCUT2D eigenvalue weighted by Crippen LogP contribution is -2.42. The molecule has 1 aliphatic rings. The smallest absolute Gasteiger partial charge is 0.109 e. The van der Waals surface area contributed by atoms with E-state index in [4.69, 9.17) is 10.5 Å². The van der Waals surface area contributed by atoms with Crippen molar-refractivity contribution in [3.05, 3.63) is 0 Å². The van der Waals surface area contributed by atoms with E-state index >= 15 is 0 Å². The lowest BCUT2D eigenvalue weighted by Gasteiger charge is -2.26. The summed E-state index contributed by atoms with van der Waals surface area (Å²) in [7, 11) is 0.